The maximum Gasteiger partial charge on any atom is 0.573 e. The van der Waals surface area contributed by atoms with Gasteiger partial charge < -0.3 is 9.64 Å². The van der Waals surface area contributed by atoms with Crippen molar-refractivity contribution in [3.05, 3.63) is 65.7 Å². The lowest BCUT2D eigenvalue weighted by Crippen LogP contribution is -2.27. The Labute approximate surface area is 138 Å². The highest BCUT2D eigenvalue weighted by molar-refractivity contribution is 5.76. The van der Waals surface area contributed by atoms with Crippen LogP contribution in [-0.2, 0) is 17.8 Å². The maximum absolute atomic E-state index is 12.4. The molecule has 0 saturated heterocycles. The second-order valence-electron chi connectivity index (χ2n) is 5.39. The summed E-state index contributed by atoms with van der Waals surface area (Å²) >= 11 is 0. The minimum atomic E-state index is -4.76. The predicted octanol–water partition coefficient (Wildman–Crippen LogP) is 4.18. The Morgan fingerprint density at radius 3 is 2.33 bits per heavy atom. The van der Waals surface area contributed by atoms with Crippen LogP contribution < -0.4 is 4.74 Å². The maximum atomic E-state index is 12.4. The van der Waals surface area contributed by atoms with E-state index in [9.17, 15) is 18.0 Å². The number of alkyl halides is 3. The van der Waals surface area contributed by atoms with Crippen molar-refractivity contribution in [1.82, 2.24) is 4.90 Å². The molecule has 2 rings (SSSR count). The van der Waals surface area contributed by atoms with Crippen molar-refractivity contribution in [3.8, 4) is 5.75 Å². The summed E-state index contributed by atoms with van der Waals surface area (Å²) in [4.78, 5) is 13.6. The highest BCUT2D eigenvalue weighted by Gasteiger charge is 2.32. The Morgan fingerprint density at radius 2 is 1.67 bits per heavy atom. The van der Waals surface area contributed by atoms with E-state index in [2.05, 4.69) is 4.74 Å². The highest BCUT2D eigenvalue weighted by atomic mass is 19.4. The van der Waals surface area contributed by atoms with Gasteiger partial charge in [-0.05, 0) is 18.1 Å². The zero-order valence-electron chi connectivity index (χ0n) is 13.2. The van der Waals surface area contributed by atoms with Gasteiger partial charge in [0.1, 0.15) is 5.75 Å². The van der Waals surface area contributed by atoms with Gasteiger partial charge in [-0.3, -0.25) is 4.79 Å². The first kappa shape index (κ1) is 17.8. The number of carbonyl (C=O) groups is 1. The molecule has 0 fully saturated rings. The van der Waals surface area contributed by atoms with Gasteiger partial charge in [0.05, 0.1) is 0 Å². The molecule has 0 atom stereocenters. The Bertz CT molecular complexity index is 671. The van der Waals surface area contributed by atoms with E-state index in [1.165, 1.54) is 23.1 Å². The zero-order valence-corrected chi connectivity index (χ0v) is 13.2. The van der Waals surface area contributed by atoms with E-state index in [0.29, 0.717) is 18.4 Å². The van der Waals surface area contributed by atoms with Crippen LogP contribution in [0, 0.1) is 0 Å². The number of para-hydroxylation sites is 1. The largest absolute Gasteiger partial charge is 0.573 e. The minimum absolute atomic E-state index is 0.0554. The Kier molecular flexibility index (Phi) is 5.84. The number of rotatable bonds is 6. The Hall–Kier alpha value is -2.50. The number of carbonyl (C=O) groups excluding carboxylic acids is 1. The smallest absolute Gasteiger partial charge is 0.405 e. The molecular weight excluding hydrogens is 319 g/mol. The number of halogens is 3. The van der Waals surface area contributed by atoms with Crippen LogP contribution in [-0.4, -0.2) is 24.2 Å². The molecule has 0 saturated carbocycles. The van der Waals surface area contributed by atoms with E-state index in [4.69, 9.17) is 0 Å². The van der Waals surface area contributed by atoms with Crippen molar-refractivity contribution >= 4 is 5.91 Å². The van der Waals surface area contributed by atoms with Crippen LogP contribution in [0.3, 0.4) is 0 Å². The summed E-state index contributed by atoms with van der Waals surface area (Å²) in [5.74, 6) is -0.423. The predicted molar refractivity (Wildman–Crippen MR) is 84.4 cm³/mol. The van der Waals surface area contributed by atoms with Crippen LogP contribution in [0.25, 0.3) is 0 Å². The SMILES string of the molecule is CN(Cc1ccccc1OC(F)(F)F)C(=O)CCc1ccccc1. The van der Waals surface area contributed by atoms with Crippen molar-refractivity contribution in [2.75, 3.05) is 7.05 Å². The van der Waals surface area contributed by atoms with Crippen LogP contribution in [0.5, 0.6) is 5.75 Å². The molecule has 0 aromatic heterocycles. The third-order valence-corrected chi connectivity index (χ3v) is 3.50. The van der Waals surface area contributed by atoms with Gasteiger partial charge in [0.25, 0.3) is 0 Å². The van der Waals surface area contributed by atoms with E-state index < -0.39 is 6.36 Å². The molecule has 0 heterocycles. The van der Waals surface area contributed by atoms with Crippen molar-refractivity contribution in [2.45, 2.75) is 25.7 Å². The fourth-order valence-electron chi connectivity index (χ4n) is 2.29. The standard InChI is InChI=1S/C18H18F3NO2/c1-22(17(23)12-11-14-7-3-2-4-8-14)13-15-9-5-6-10-16(15)24-18(19,20)21/h2-10H,11-13H2,1H3. The number of nitrogens with zero attached hydrogens (tertiary/aromatic N) is 1. The molecule has 1 amide bonds. The van der Waals surface area contributed by atoms with Crippen molar-refractivity contribution in [2.24, 2.45) is 0 Å². The molecule has 24 heavy (non-hydrogen) atoms. The molecule has 0 bridgehead atoms. The molecule has 2 aromatic rings. The topological polar surface area (TPSA) is 29.5 Å². The van der Waals surface area contributed by atoms with Crippen molar-refractivity contribution < 1.29 is 22.7 Å². The van der Waals surface area contributed by atoms with E-state index in [1.54, 1.807) is 13.1 Å². The quantitative estimate of drug-likeness (QED) is 0.791. The van der Waals surface area contributed by atoms with Crippen LogP contribution in [0.1, 0.15) is 17.5 Å². The molecule has 0 aliphatic heterocycles. The molecule has 128 valence electrons. The summed E-state index contributed by atoms with van der Waals surface area (Å²) < 4.78 is 41.3. The van der Waals surface area contributed by atoms with Gasteiger partial charge in [0, 0.05) is 25.6 Å². The number of benzene rings is 2. The van der Waals surface area contributed by atoms with Gasteiger partial charge in [-0.15, -0.1) is 13.2 Å². The average Bonchev–Trinajstić information content (AvgIpc) is 2.54. The van der Waals surface area contributed by atoms with Crippen LogP contribution >= 0.6 is 0 Å². The minimum Gasteiger partial charge on any atom is -0.405 e. The first-order valence-corrected chi connectivity index (χ1v) is 7.47. The number of amides is 1. The fraction of sp³-hybridized carbons (Fsp3) is 0.278. The van der Waals surface area contributed by atoms with E-state index in [-0.39, 0.29) is 18.2 Å². The second kappa shape index (κ2) is 7.86. The van der Waals surface area contributed by atoms with Crippen LogP contribution in [0.4, 0.5) is 13.2 Å². The first-order chi connectivity index (χ1) is 11.3. The molecule has 3 nitrogen and oxygen atoms in total. The molecule has 6 heteroatoms. The lowest BCUT2D eigenvalue weighted by molar-refractivity contribution is -0.275. The van der Waals surface area contributed by atoms with Crippen LogP contribution in [0.2, 0.25) is 0 Å². The molecule has 0 unspecified atom stereocenters. The molecule has 0 aliphatic carbocycles. The molecule has 2 aromatic carbocycles. The van der Waals surface area contributed by atoms with Gasteiger partial charge in [-0.2, -0.15) is 0 Å². The summed E-state index contributed by atoms with van der Waals surface area (Å²) in [7, 11) is 1.57. The number of hydrogen-bond acceptors (Lipinski definition) is 2. The normalized spacial score (nSPS) is 11.2. The van der Waals surface area contributed by atoms with Gasteiger partial charge in [-0.1, -0.05) is 48.5 Å². The third kappa shape index (κ3) is 5.61. The summed E-state index contributed by atoms with van der Waals surface area (Å²) in [6, 6.07) is 15.4. The summed E-state index contributed by atoms with van der Waals surface area (Å²) in [5, 5.41) is 0. The van der Waals surface area contributed by atoms with E-state index in [1.807, 2.05) is 30.3 Å². The molecule has 0 aliphatic rings. The monoisotopic (exact) mass is 337 g/mol. The second-order valence-corrected chi connectivity index (χ2v) is 5.39. The van der Waals surface area contributed by atoms with E-state index >= 15 is 0 Å². The fourth-order valence-corrected chi connectivity index (χ4v) is 2.29. The number of aryl methyl sites for hydroxylation is 1. The number of ether oxygens (including phenoxy) is 1. The van der Waals surface area contributed by atoms with Crippen molar-refractivity contribution in [3.63, 3.8) is 0 Å². The number of hydrogen-bond donors (Lipinski definition) is 0. The summed E-state index contributed by atoms with van der Waals surface area (Å²) in [5.41, 5.74) is 1.35. The van der Waals surface area contributed by atoms with Crippen LogP contribution in [0.15, 0.2) is 54.6 Å². The summed E-state index contributed by atoms with van der Waals surface area (Å²) in [6.07, 6.45) is -3.88. The molecular formula is C18H18F3NO2. The lowest BCUT2D eigenvalue weighted by atomic mass is 10.1. The van der Waals surface area contributed by atoms with Gasteiger partial charge in [0.2, 0.25) is 5.91 Å². The van der Waals surface area contributed by atoms with E-state index in [0.717, 1.165) is 5.56 Å². The first-order valence-electron chi connectivity index (χ1n) is 7.47. The van der Waals surface area contributed by atoms with Gasteiger partial charge in [0.15, 0.2) is 0 Å². The van der Waals surface area contributed by atoms with Gasteiger partial charge >= 0.3 is 6.36 Å². The highest BCUT2D eigenvalue weighted by Crippen LogP contribution is 2.27. The average molecular weight is 337 g/mol. The third-order valence-electron chi connectivity index (χ3n) is 3.50. The van der Waals surface area contributed by atoms with Crippen molar-refractivity contribution in [1.29, 1.82) is 0 Å². The molecule has 0 N–H and O–H groups in total. The molecule has 0 spiro atoms. The summed E-state index contributed by atoms with van der Waals surface area (Å²) in [6.45, 7) is 0.0554. The zero-order chi connectivity index (χ0) is 17.6. The van der Waals surface area contributed by atoms with Gasteiger partial charge in [-0.25, -0.2) is 0 Å². The Balaban J connectivity index is 1.96. The lowest BCUT2D eigenvalue weighted by Gasteiger charge is -2.20. The Morgan fingerprint density at radius 1 is 1.04 bits per heavy atom. The molecule has 0 radical (unpaired) electrons.